The number of benzene rings is 2. The number of anilines is 1. The minimum atomic E-state index is -1.12. The number of thioether (sulfide) groups is 1. The Morgan fingerprint density at radius 2 is 1.77 bits per heavy atom. The number of halogens is 1. The number of rotatable bonds is 5. The summed E-state index contributed by atoms with van der Waals surface area (Å²) in [6.07, 6.45) is 0.404. The van der Waals surface area contributed by atoms with E-state index in [4.69, 9.17) is 11.6 Å². The molecule has 2 aromatic rings. The molecule has 0 aromatic heterocycles. The molecule has 5 unspecified atom stereocenters. The number of nitro benzene ring substituents is 2. The number of carboxylic acid groups (broad SMARTS) is 1. The van der Waals surface area contributed by atoms with Crippen LogP contribution >= 0.6 is 23.4 Å². The van der Waals surface area contributed by atoms with E-state index in [1.807, 2.05) is 0 Å². The zero-order valence-corrected chi connectivity index (χ0v) is 16.9. The number of carboxylic acids is 1. The molecule has 1 heterocycles. The molecule has 0 saturated heterocycles. The first-order valence-corrected chi connectivity index (χ1v) is 10.4. The lowest BCUT2D eigenvalue weighted by molar-refractivity contribution is -0.387. The number of carbonyl (C=O) groups is 1. The largest absolute Gasteiger partial charge is 0.480 e. The molecule has 156 valence electrons. The quantitative estimate of drug-likeness (QED) is 0.392. The first kappa shape index (κ1) is 20.4. The summed E-state index contributed by atoms with van der Waals surface area (Å²) in [5, 5.41) is 34.5. The minimum absolute atomic E-state index is 0.0369. The van der Waals surface area contributed by atoms with Gasteiger partial charge in [-0.1, -0.05) is 24.3 Å². The van der Waals surface area contributed by atoms with Crippen molar-refractivity contribution in [2.75, 3.05) is 5.32 Å². The summed E-state index contributed by atoms with van der Waals surface area (Å²) in [6, 6.07) is 9.88. The van der Waals surface area contributed by atoms with Gasteiger partial charge in [0.05, 0.1) is 20.1 Å². The van der Waals surface area contributed by atoms with Gasteiger partial charge in [0.1, 0.15) is 11.7 Å². The maximum atomic E-state index is 11.9. The predicted molar refractivity (Wildman–Crippen MR) is 111 cm³/mol. The van der Waals surface area contributed by atoms with Crippen molar-refractivity contribution in [1.82, 2.24) is 0 Å². The van der Waals surface area contributed by atoms with Gasteiger partial charge in [0.15, 0.2) is 0 Å². The fourth-order valence-corrected chi connectivity index (χ4v) is 6.34. The van der Waals surface area contributed by atoms with Crippen molar-refractivity contribution in [3.63, 3.8) is 0 Å². The van der Waals surface area contributed by atoms with Gasteiger partial charge in [-0.05, 0) is 24.0 Å². The molecule has 0 bridgehead atoms. The van der Waals surface area contributed by atoms with Crippen LogP contribution in [0.3, 0.4) is 0 Å². The molecule has 1 aliphatic heterocycles. The first-order chi connectivity index (χ1) is 14.3. The van der Waals surface area contributed by atoms with Crippen molar-refractivity contribution in [3.8, 4) is 0 Å². The Morgan fingerprint density at radius 3 is 2.43 bits per heavy atom. The number of nitro groups is 2. The highest BCUT2D eigenvalue weighted by Gasteiger charge is 2.53. The molecule has 4 rings (SSSR count). The monoisotopic (exact) mass is 449 g/mol. The third-order valence-corrected chi connectivity index (χ3v) is 7.74. The van der Waals surface area contributed by atoms with Gasteiger partial charge in [0.2, 0.25) is 0 Å². The molecule has 0 spiro atoms. The summed E-state index contributed by atoms with van der Waals surface area (Å²) in [5.41, 5.74) is 0.552. The number of hydrogen-bond acceptors (Lipinski definition) is 7. The molecular formula is C19H16ClN3O6S. The van der Waals surface area contributed by atoms with Crippen LogP contribution in [0.2, 0.25) is 0 Å². The van der Waals surface area contributed by atoms with Gasteiger partial charge in [-0.2, -0.15) is 0 Å². The molecule has 0 radical (unpaired) electrons. The number of nitrogens with zero attached hydrogens (tertiary/aromatic N) is 2. The highest BCUT2D eigenvalue weighted by molar-refractivity contribution is 8.00. The Morgan fingerprint density at radius 1 is 1.10 bits per heavy atom. The van der Waals surface area contributed by atoms with Crippen molar-refractivity contribution < 1.29 is 19.7 Å². The van der Waals surface area contributed by atoms with Crippen LogP contribution in [0.15, 0.2) is 47.4 Å². The van der Waals surface area contributed by atoms with Crippen LogP contribution < -0.4 is 5.32 Å². The Hall–Kier alpha value is -2.85. The van der Waals surface area contributed by atoms with Gasteiger partial charge >= 0.3 is 5.97 Å². The van der Waals surface area contributed by atoms with Crippen LogP contribution in [0.25, 0.3) is 0 Å². The smallest absolute Gasteiger partial charge is 0.326 e. The Balaban J connectivity index is 1.73. The standard InChI is InChI=1S/C19H16ClN3O6S/c20-16-14(30-13-7-2-1-5-11(13)22(26)27)8-10-15(16)9-4-3-6-12(23(28)29)17(9)21-18(10)19(24)25/h1-7,10,14-16,18,21H,8H2,(H,24,25). The van der Waals surface area contributed by atoms with E-state index in [2.05, 4.69) is 5.32 Å². The number of nitrogens with one attached hydrogen (secondary N) is 1. The third-order valence-electron chi connectivity index (χ3n) is 5.63. The number of para-hydroxylation sites is 2. The average molecular weight is 450 g/mol. The van der Waals surface area contributed by atoms with Crippen molar-refractivity contribution in [2.45, 2.75) is 33.9 Å². The number of fused-ring (bicyclic) bond motifs is 3. The van der Waals surface area contributed by atoms with Crippen LogP contribution in [0.1, 0.15) is 17.9 Å². The summed E-state index contributed by atoms with van der Waals surface area (Å²) in [6.45, 7) is 0. The molecular weight excluding hydrogens is 434 g/mol. The molecule has 1 fully saturated rings. The van der Waals surface area contributed by atoms with Gasteiger partial charge in [0.25, 0.3) is 11.4 Å². The molecule has 1 saturated carbocycles. The van der Waals surface area contributed by atoms with Gasteiger partial charge in [-0.25, -0.2) is 4.79 Å². The van der Waals surface area contributed by atoms with E-state index < -0.39 is 39.1 Å². The SMILES string of the molecule is O=C(O)C1Nc2c(cccc2[N+](=O)[O-])C2C(Cl)C(Sc3ccccc3[N+](=O)[O-])CC12. The average Bonchev–Trinajstić information content (AvgIpc) is 3.03. The maximum Gasteiger partial charge on any atom is 0.326 e. The van der Waals surface area contributed by atoms with Gasteiger partial charge in [-0.15, -0.1) is 23.4 Å². The van der Waals surface area contributed by atoms with Crippen molar-refractivity contribution in [3.05, 3.63) is 68.3 Å². The lowest BCUT2D eigenvalue weighted by atomic mass is 9.79. The third kappa shape index (κ3) is 3.35. The zero-order chi connectivity index (χ0) is 21.6. The second-order valence-corrected chi connectivity index (χ2v) is 8.99. The lowest BCUT2D eigenvalue weighted by Gasteiger charge is -2.35. The van der Waals surface area contributed by atoms with Gasteiger partial charge < -0.3 is 10.4 Å². The van der Waals surface area contributed by atoms with Crippen LogP contribution in [0.5, 0.6) is 0 Å². The molecule has 5 atom stereocenters. The molecule has 2 aliphatic rings. The van der Waals surface area contributed by atoms with Crippen LogP contribution in [-0.4, -0.2) is 37.6 Å². The van der Waals surface area contributed by atoms with Crippen LogP contribution in [-0.2, 0) is 4.79 Å². The predicted octanol–water partition coefficient (Wildman–Crippen LogP) is 4.25. The zero-order valence-electron chi connectivity index (χ0n) is 15.3. The first-order valence-electron chi connectivity index (χ1n) is 9.10. The molecule has 2 aromatic carbocycles. The van der Waals surface area contributed by atoms with E-state index in [9.17, 15) is 30.1 Å². The molecule has 9 nitrogen and oxygen atoms in total. The summed E-state index contributed by atoms with van der Waals surface area (Å²) in [5.74, 6) is -1.95. The van der Waals surface area contributed by atoms with E-state index in [0.717, 1.165) is 0 Å². The number of aliphatic carboxylic acids is 1. The topological polar surface area (TPSA) is 136 Å². The van der Waals surface area contributed by atoms with Crippen molar-refractivity contribution in [1.29, 1.82) is 0 Å². The normalized spacial score (nSPS) is 26.9. The Labute approximate surface area is 179 Å². The second kappa shape index (κ2) is 7.77. The van der Waals surface area contributed by atoms with Crippen molar-refractivity contribution >= 4 is 46.4 Å². The fourth-order valence-electron chi connectivity index (χ4n) is 4.39. The molecule has 2 N–H and O–H groups in total. The Kier molecular flexibility index (Phi) is 5.29. The maximum absolute atomic E-state index is 11.9. The highest BCUT2D eigenvalue weighted by atomic mass is 35.5. The molecule has 30 heavy (non-hydrogen) atoms. The lowest BCUT2D eigenvalue weighted by Crippen LogP contribution is -2.42. The second-order valence-electron chi connectivity index (χ2n) is 7.21. The Bertz CT molecular complexity index is 1050. The fraction of sp³-hybridized carbons (Fsp3) is 0.316. The van der Waals surface area contributed by atoms with Gasteiger partial charge in [-0.3, -0.25) is 20.2 Å². The summed E-state index contributed by atoms with van der Waals surface area (Å²) >= 11 is 8.03. The molecule has 11 heteroatoms. The molecule has 0 amide bonds. The molecule has 1 aliphatic carbocycles. The van der Waals surface area contributed by atoms with E-state index >= 15 is 0 Å². The van der Waals surface area contributed by atoms with Crippen LogP contribution in [0.4, 0.5) is 17.1 Å². The number of hydrogen-bond donors (Lipinski definition) is 2. The highest BCUT2D eigenvalue weighted by Crippen LogP contribution is 2.56. The number of alkyl halides is 1. The van der Waals surface area contributed by atoms with E-state index in [1.165, 1.54) is 23.9 Å². The van der Waals surface area contributed by atoms with E-state index in [1.54, 1.807) is 30.3 Å². The van der Waals surface area contributed by atoms with Crippen molar-refractivity contribution in [2.24, 2.45) is 5.92 Å². The minimum Gasteiger partial charge on any atom is -0.480 e. The van der Waals surface area contributed by atoms with Gasteiger partial charge in [0, 0.05) is 23.3 Å². The summed E-state index contributed by atoms with van der Waals surface area (Å²) in [4.78, 5) is 34.2. The summed E-state index contributed by atoms with van der Waals surface area (Å²) in [7, 11) is 0. The van der Waals surface area contributed by atoms with E-state index in [0.29, 0.717) is 16.9 Å². The van der Waals surface area contributed by atoms with Crippen LogP contribution in [0, 0.1) is 26.1 Å². The summed E-state index contributed by atoms with van der Waals surface area (Å²) < 4.78 is 0. The van der Waals surface area contributed by atoms with E-state index in [-0.39, 0.29) is 22.3 Å².